The van der Waals surface area contributed by atoms with Crippen LogP contribution in [-0.2, 0) is 6.42 Å². The van der Waals surface area contributed by atoms with Crippen molar-refractivity contribution in [3.8, 4) is 5.69 Å². The lowest BCUT2D eigenvalue weighted by molar-refractivity contribution is 0.648. The Balaban J connectivity index is 2.33. The van der Waals surface area contributed by atoms with Gasteiger partial charge < -0.3 is 0 Å². The Morgan fingerprint density at radius 1 is 1.29 bits per heavy atom. The van der Waals surface area contributed by atoms with Gasteiger partial charge in [0.05, 0.1) is 5.69 Å². The van der Waals surface area contributed by atoms with Crippen LogP contribution in [0, 0.1) is 0 Å². The molecule has 0 amide bonds. The third-order valence-corrected chi connectivity index (χ3v) is 4.04. The SMILES string of the molecule is CC1CCc2ccccc2-n2c1nc(Cl)c2Cl. The Kier molecular flexibility index (Phi) is 2.64. The zero-order valence-corrected chi connectivity index (χ0v) is 11.0. The van der Waals surface area contributed by atoms with Gasteiger partial charge in [-0.05, 0) is 24.5 Å². The monoisotopic (exact) mass is 266 g/mol. The van der Waals surface area contributed by atoms with E-state index in [0.29, 0.717) is 16.2 Å². The predicted molar refractivity (Wildman–Crippen MR) is 70.3 cm³/mol. The van der Waals surface area contributed by atoms with Crippen molar-refractivity contribution in [1.82, 2.24) is 9.55 Å². The second-order valence-electron chi connectivity index (χ2n) is 4.46. The number of halogens is 2. The van der Waals surface area contributed by atoms with Gasteiger partial charge in [-0.3, -0.25) is 4.57 Å². The molecule has 1 unspecified atom stereocenters. The Labute approximate surface area is 110 Å². The number of imidazole rings is 1. The molecule has 0 spiro atoms. The van der Waals surface area contributed by atoms with Crippen LogP contribution in [0.1, 0.15) is 30.7 Å². The normalized spacial score (nSPS) is 18.4. The number of benzene rings is 1. The van der Waals surface area contributed by atoms with E-state index in [0.717, 1.165) is 24.4 Å². The standard InChI is InChI=1S/C13H12Cl2N2/c1-8-6-7-9-4-2-3-5-10(9)17-12(15)11(14)16-13(8)17/h2-5,8H,6-7H2,1H3. The first-order chi connectivity index (χ1) is 8.18. The maximum absolute atomic E-state index is 6.26. The van der Waals surface area contributed by atoms with Gasteiger partial charge in [-0.15, -0.1) is 0 Å². The Bertz CT molecular complexity index is 575. The van der Waals surface area contributed by atoms with E-state index in [4.69, 9.17) is 23.2 Å². The summed E-state index contributed by atoms with van der Waals surface area (Å²) in [5.41, 5.74) is 2.41. The number of nitrogens with zero attached hydrogens (tertiary/aromatic N) is 2. The molecule has 4 heteroatoms. The highest BCUT2D eigenvalue weighted by molar-refractivity contribution is 6.40. The van der Waals surface area contributed by atoms with Crippen molar-refractivity contribution in [2.24, 2.45) is 0 Å². The molecule has 2 heterocycles. The molecule has 0 saturated heterocycles. The van der Waals surface area contributed by atoms with Crippen molar-refractivity contribution in [2.75, 3.05) is 0 Å². The number of hydrogen-bond acceptors (Lipinski definition) is 1. The summed E-state index contributed by atoms with van der Waals surface area (Å²) >= 11 is 12.3. The van der Waals surface area contributed by atoms with E-state index in [-0.39, 0.29) is 0 Å². The second-order valence-corrected chi connectivity index (χ2v) is 5.17. The maximum atomic E-state index is 6.26. The fourth-order valence-electron chi connectivity index (χ4n) is 2.39. The summed E-state index contributed by atoms with van der Waals surface area (Å²) in [7, 11) is 0. The third-order valence-electron chi connectivity index (χ3n) is 3.33. The summed E-state index contributed by atoms with van der Waals surface area (Å²) in [5, 5.41) is 0.910. The van der Waals surface area contributed by atoms with Gasteiger partial charge in [-0.1, -0.05) is 48.3 Å². The molecule has 3 rings (SSSR count). The van der Waals surface area contributed by atoms with Crippen LogP contribution in [0.2, 0.25) is 10.3 Å². The van der Waals surface area contributed by atoms with E-state index in [1.165, 1.54) is 5.56 Å². The zero-order valence-electron chi connectivity index (χ0n) is 9.45. The Morgan fingerprint density at radius 2 is 2.06 bits per heavy atom. The summed E-state index contributed by atoms with van der Waals surface area (Å²) in [6.45, 7) is 2.16. The van der Waals surface area contributed by atoms with Gasteiger partial charge in [0, 0.05) is 5.92 Å². The second kappa shape index (κ2) is 4.04. The topological polar surface area (TPSA) is 17.8 Å². The molecular weight excluding hydrogens is 255 g/mol. The molecule has 1 aliphatic heterocycles. The van der Waals surface area contributed by atoms with Gasteiger partial charge >= 0.3 is 0 Å². The smallest absolute Gasteiger partial charge is 0.166 e. The van der Waals surface area contributed by atoms with Crippen LogP contribution >= 0.6 is 23.2 Å². The Morgan fingerprint density at radius 3 is 2.88 bits per heavy atom. The first-order valence-corrected chi connectivity index (χ1v) is 6.46. The first kappa shape index (κ1) is 11.1. The summed E-state index contributed by atoms with van der Waals surface area (Å²) in [4.78, 5) is 4.39. The third kappa shape index (κ3) is 1.67. The van der Waals surface area contributed by atoms with Crippen molar-refractivity contribution in [1.29, 1.82) is 0 Å². The van der Waals surface area contributed by atoms with Crippen molar-refractivity contribution in [3.05, 3.63) is 46.0 Å². The number of hydrogen-bond donors (Lipinski definition) is 0. The van der Waals surface area contributed by atoms with Gasteiger partial charge in [0.15, 0.2) is 10.3 Å². The maximum Gasteiger partial charge on any atom is 0.166 e. The number of para-hydroxylation sites is 1. The lowest BCUT2D eigenvalue weighted by atomic mass is 10.0. The van der Waals surface area contributed by atoms with E-state index in [1.54, 1.807) is 0 Å². The van der Waals surface area contributed by atoms with Crippen LogP contribution in [0.5, 0.6) is 0 Å². The van der Waals surface area contributed by atoms with Crippen molar-refractivity contribution in [2.45, 2.75) is 25.7 Å². The molecule has 0 bridgehead atoms. The molecule has 17 heavy (non-hydrogen) atoms. The van der Waals surface area contributed by atoms with E-state index in [2.05, 4.69) is 30.1 Å². The largest absolute Gasteiger partial charge is 0.285 e. The molecule has 0 N–H and O–H groups in total. The van der Waals surface area contributed by atoms with Crippen LogP contribution in [0.4, 0.5) is 0 Å². The Hall–Kier alpha value is -0.990. The van der Waals surface area contributed by atoms with Gasteiger partial charge in [-0.25, -0.2) is 4.98 Å². The molecule has 0 radical (unpaired) electrons. The molecule has 1 aromatic carbocycles. The van der Waals surface area contributed by atoms with Crippen LogP contribution in [0.15, 0.2) is 24.3 Å². The average molecular weight is 267 g/mol. The van der Waals surface area contributed by atoms with Crippen molar-refractivity contribution in [3.63, 3.8) is 0 Å². The minimum Gasteiger partial charge on any atom is -0.285 e. The molecule has 2 nitrogen and oxygen atoms in total. The van der Waals surface area contributed by atoms with Crippen LogP contribution < -0.4 is 0 Å². The summed E-state index contributed by atoms with van der Waals surface area (Å²) in [5.74, 6) is 1.33. The quantitative estimate of drug-likeness (QED) is 0.698. The van der Waals surface area contributed by atoms with E-state index in [9.17, 15) is 0 Å². The number of aryl methyl sites for hydroxylation is 1. The summed E-state index contributed by atoms with van der Waals surface area (Å²) < 4.78 is 1.98. The minimum atomic E-state index is 0.368. The average Bonchev–Trinajstić information content (AvgIpc) is 2.55. The fraction of sp³-hybridized carbons (Fsp3) is 0.308. The van der Waals surface area contributed by atoms with Crippen molar-refractivity contribution >= 4 is 23.2 Å². The molecule has 88 valence electrons. The number of fused-ring (bicyclic) bond motifs is 3. The highest BCUT2D eigenvalue weighted by Gasteiger charge is 2.24. The molecule has 0 saturated carbocycles. The molecular formula is C13H12Cl2N2. The molecule has 1 aliphatic rings. The molecule has 0 fully saturated rings. The van der Waals surface area contributed by atoms with Crippen LogP contribution in [0.3, 0.4) is 0 Å². The van der Waals surface area contributed by atoms with Crippen LogP contribution in [-0.4, -0.2) is 9.55 Å². The number of aromatic nitrogens is 2. The van der Waals surface area contributed by atoms with E-state index >= 15 is 0 Å². The van der Waals surface area contributed by atoms with Gasteiger partial charge in [-0.2, -0.15) is 0 Å². The highest BCUT2D eigenvalue weighted by atomic mass is 35.5. The fourth-order valence-corrected chi connectivity index (χ4v) is 2.78. The highest BCUT2D eigenvalue weighted by Crippen LogP contribution is 2.36. The predicted octanol–water partition coefficient (Wildman–Crippen LogP) is 4.23. The van der Waals surface area contributed by atoms with Crippen LogP contribution in [0.25, 0.3) is 5.69 Å². The minimum absolute atomic E-state index is 0.368. The summed E-state index contributed by atoms with van der Waals surface area (Å²) in [6.07, 6.45) is 2.12. The lowest BCUT2D eigenvalue weighted by Gasteiger charge is -2.10. The molecule has 2 aromatic rings. The number of rotatable bonds is 0. The van der Waals surface area contributed by atoms with Crippen molar-refractivity contribution < 1.29 is 0 Å². The van der Waals surface area contributed by atoms with Gasteiger partial charge in [0.1, 0.15) is 5.82 Å². The van der Waals surface area contributed by atoms with E-state index < -0.39 is 0 Å². The first-order valence-electron chi connectivity index (χ1n) is 5.70. The molecule has 1 aromatic heterocycles. The molecule has 0 aliphatic carbocycles. The summed E-state index contributed by atoms with van der Waals surface area (Å²) in [6, 6.07) is 8.28. The molecule has 1 atom stereocenters. The zero-order chi connectivity index (χ0) is 12.0. The lowest BCUT2D eigenvalue weighted by Crippen LogP contribution is -2.02. The van der Waals surface area contributed by atoms with E-state index in [1.807, 2.05) is 10.6 Å². The van der Waals surface area contributed by atoms with Gasteiger partial charge in [0.2, 0.25) is 0 Å². The van der Waals surface area contributed by atoms with Gasteiger partial charge in [0.25, 0.3) is 0 Å².